The van der Waals surface area contributed by atoms with E-state index in [0.717, 1.165) is 12.8 Å². The number of Topliss-reactive ketones (excluding diaryl/α,β-unsaturated/α-hetero) is 1. The minimum Gasteiger partial charge on any atom is -0.317 e. The summed E-state index contributed by atoms with van der Waals surface area (Å²) in [5.74, 6) is 0.712. The molecule has 0 bridgehead atoms. The molecule has 0 unspecified atom stereocenters. The lowest BCUT2D eigenvalue weighted by Crippen LogP contribution is -2.41. The van der Waals surface area contributed by atoms with Gasteiger partial charge in [0.25, 0.3) is 0 Å². The van der Waals surface area contributed by atoms with E-state index in [2.05, 4.69) is 5.32 Å². The molecule has 0 atom stereocenters. The second kappa shape index (κ2) is 5.30. The lowest BCUT2D eigenvalue weighted by atomic mass is 9.78. The molecule has 2 heteroatoms. The first-order valence-electron chi connectivity index (χ1n) is 4.41. The fourth-order valence-electron chi connectivity index (χ4n) is 1.19. The first-order valence-corrected chi connectivity index (χ1v) is 4.41. The Bertz CT molecular complexity index is 117. The summed E-state index contributed by atoms with van der Waals surface area (Å²) >= 11 is 0. The largest absolute Gasteiger partial charge is 0.317 e. The zero-order valence-corrected chi connectivity index (χ0v) is 7.98. The number of rotatable bonds is 2. The van der Waals surface area contributed by atoms with Crippen LogP contribution < -0.4 is 5.32 Å². The average molecular weight is 157 g/mol. The van der Waals surface area contributed by atoms with Gasteiger partial charge in [0.05, 0.1) is 0 Å². The average Bonchev–Trinajstić information content (AvgIpc) is 1.89. The molecule has 1 aliphatic carbocycles. The summed E-state index contributed by atoms with van der Waals surface area (Å²) < 4.78 is 0. The highest BCUT2D eigenvalue weighted by Crippen LogP contribution is 2.27. The summed E-state index contributed by atoms with van der Waals surface area (Å²) in [6.07, 6.45) is 2.09. The third-order valence-electron chi connectivity index (χ3n) is 2.12. The molecule has 0 spiro atoms. The van der Waals surface area contributed by atoms with Crippen LogP contribution in [-0.4, -0.2) is 18.9 Å². The van der Waals surface area contributed by atoms with E-state index >= 15 is 0 Å². The third-order valence-corrected chi connectivity index (χ3v) is 2.12. The van der Waals surface area contributed by atoms with E-state index in [1.165, 1.54) is 0 Å². The molecule has 0 aromatic heterocycles. The van der Waals surface area contributed by atoms with Crippen molar-refractivity contribution in [3.8, 4) is 0 Å². The lowest BCUT2D eigenvalue weighted by molar-refractivity contribution is -0.123. The Hall–Kier alpha value is -0.370. The van der Waals surface area contributed by atoms with Crippen molar-refractivity contribution < 1.29 is 4.79 Å². The maximum atomic E-state index is 10.7. The van der Waals surface area contributed by atoms with Crippen molar-refractivity contribution in [2.75, 3.05) is 7.05 Å². The molecule has 0 aliphatic heterocycles. The van der Waals surface area contributed by atoms with E-state index in [1.54, 1.807) is 6.92 Å². The van der Waals surface area contributed by atoms with E-state index in [9.17, 15) is 4.79 Å². The van der Waals surface area contributed by atoms with Gasteiger partial charge in [-0.2, -0.15) is 0 Å². The summed E-state index contributed by atoms with van der Waals surface area (Å²) in [5, 5.41) is 3.13. The second-order valence-electron chi connectivity index (χ2n) is 2.76. The highest BCUT2D eigenvalue weighted by Gasteiger charge is 2.30. The van der Waals surface area contributed by atoms with Gasteiger partial charge >= 0.3 is 0 Å². The van der Waals surface area contributed by atoms with Crippen LogP contribution in [0.15, 0.2) is 0 Å². The van der Waals surface area contributed by atoms with Crippen LogP contribution in [0.2, 0.25) is 0 Å². The maximum absolute atomic E-state index is 10.7. The Balaban J connectivity index is 0.000000461. The van der Waals surface area contributed by atoms with Crippen molar-refractivity contribution in [3.05, 3.63) is 0 Å². The summed E-state index contributed by atoms with van der Waals surface area (Å²) in [6, 6.07) is 0.610. The Morgan fingerprint density at radius 2 is 1.82 bits per heavy atom. The van der Waals surface area contributed by atoms with Crippen molar-refractivity contribution in [1.82, 2.24) is 5.32 Å². The molecule has 66 valence electrons. The highest BCUT2D eigenvalue weighted by molar-refractivity contribution is 5.79. The fourth-order valence-corrected chi connectivity index (χ4v) is 1.19. The van der Waals surface area contributed by atoms with Crippen LogP contribution in [0.4, 0.5) is 0 Å². The number of hydrogen-bond acceptors (Lipinski definition) is 2. The maximum Gasteiger partial charge on any atom is 0.133 e. The summed E-state index contributed by atoms with van der Waals surface area (Å²) in [5.41, 5.74) is 0. The van der Waals surface area contributed by atoms with Gasteiger partial charge in [0.1, 0.15) is 5.78 Å². The number of carbonyl (C=O) groups is 1. The highest BCUT2D eigenvalue weighted by atomic mass is 16.1. The van der Waals surface area contributed by atoms with Gasteiger partial charge in [-0.3, -0.25) is 4.79 Å². The van der Waals surface area contributed by atoms with Gasteiger partial charge in [-0.1, -0.05) is 13.8 Å². The molecule has 0 amide bonds. The number of carbonyl (C=O) groups excluding carboxylic acids is 1. The molecule has 1 saturated carbocycles. The quantitative estimate of drug-likeness (QED) is 0.659. The van der Waals surface area contributed by atoms with Crippen molar-refractivity contribution in [3.63, 3.8) is 0 Å². The molecule has 0 aromatic rings. The molecular formula is C9H19NO. The number of hydrogen-bond donors (Lipinski definition) is 1. The molecule has 0 saturated heterocycles. The molecule has 1 rings (SSSR count). The van der Waals surface area contributed by atoms with Crippen molar-refractivity contribution in [2.45, 2.75) is 39.7 Å². The molecule has 0 heterocycles. The van der Waals surface area contributed by atoms with Crippen LogP contribution in [-0.2, 0) is 4.79 Å². The third kappa shape index (κ3) is 3.02. The predicted octanol–water partition coefficient (Wildman–Crippen LogP) is 1.60. The molecule has 0 aromatic carbocycles. The van der Waals surface area contributed by atoms with Gasteiger partial charge in [0.15, 0.2) is 0 Å². The van der Waals surface area contributed by atoms with Gasteiger partial charge in [0.2, 0.25) is 0 Å². The Kier molecular flexibility index (Phi) is 5.12. The second-order valence-corrected chi connectivity index (χ2v) is 2.76. The summed E-state index contributed by atoms with van der Waals surface area (Å²) in [7, 11) is 1.95. The van der Waals surface area contributed by atoms with Crippen LogP contribution in [0.1, 0.15) is 33.6 Å². The van der Waals surface area contributed by atoms with Gasteiger partial charge in [-0.15, -0.1) is 0 Å². The van der Waals surface area contributed by atoms with Crippen molar-refractivity contribution in [2.24, 2.45) is 5.92 Å². The Morgan fingerprint density at radius 3 is 2.09 bits per heavy atom. The number of ketones is 1. The van der Waals surface area contributed by atoms with E-state index < -0.39 is 0 Å². The van der Waals surface area contributed by atoms with Gasteiger partial charge in [-0.05, 0) is 26.8 Å². The van der Waals surface area contributed by atoms with Gasteiger partial charge < -0.3 is 5.32 Å². The zero-order chi connectivity index (χ0) is 8.85. The van der Waals surface area contributed by atoms with Gasteiger partial charge in [-0.25, -0.2) is 0 Å². The van der Waals surface area contributed by atoms with Crippen molar-refractivity contribution >= 4 is 5.78 Å². The molecule has 1 fully saturated rings. The van der Waals surface area contributed by atoms with E-state index in [4.69, 9.17) is 0 Å². The zero-order valence-electron chi connectivity index (χ0n) is 7.98. The first kappa shape index (κ1) is 10.6. The van der Waals surface area contributed by atoms with Crippen LogP contribution >= 0.6 is 0 Å². The minimum absolute atomic E-state index is 0.349. The molecular weight excluding hydrogens is 138 g/mol. The Morgan fingerprint density at radius 1 is 1.36 bits per heavy atom. The smallest absolute Gasteiger partial charge is 0.133 e. The standard InChI is InChI=1S/C7H13NO.C2H6/c1-5(9)6-3-7(4-6)8-2;1-2/h6-8H,3-4H2,1-2H3;1-2H3. The van der Waals surface area contributed by atoms with E-state index in [1.807, 2.05) is 20.9 Å². The predicted molar refractivity (Wildman–Crippen MR) is 47.6 cm³/mol. The van der Waals surface area contributed by atoms with Crippen LogP contribution in [0.3, 0.4) is 0 Å². The summed E-state index contributed by atoms with van der Waals surface area (Å²) in [6.45, 7) is 5.68. The van der Waals surface area contributed by atoms with Gasteiger partial charge in [0, 0.05) is 12.0 Å². The molecule has 1 aliphatic rings. The van der Waals surface area contributed by atoms with E-state index in [0.29, 0.717) is 17.7 Å². The minimum atomic E-state index is 0.349. The monoisotopic (exact) mass is 157 g/mol. The normalized spacial score (nSPS) is 28.0. The molecule has 2 nitrogen and oxygen atoms in total. The van der Waals surface area contributed by atoms with Crippen molar-refractivity contribution in [1.29, 1.82) is 0 Å². The molecule has 1 N–H and O–H groups in total. The van der Waals surface area contributed by atoms with Crippen LogP contribution in [0, 0.1) is 5.92 Å². The molecule has 0 radical (unpaired) electrons. The lowest BCUT2D eigenvalue weighted by Gasteiger charge is -2.32. The summed E-state index contributed by atoms with van der Waals surface area (Å²) in [4.78, 5) is 10.7. The Labute approximate surface area is 69.4 Å². The topological polar surface area (TPSA) is 29.1 Å². The first-order chi connectivity index (χ1) is 5.24. The number of nitrogens with one attached hydrogen (secondary N) is 1. The van der Waals surface area contributed by atoms with Crippen LogP contribution in [0.5, 0.6) is 0 Å². The molecule has 11 heavy (non-hydrogen) atoms. The SMILES string of the molecule is CC.CNC1CC(C(C)=O)C1. The fraction of sp³-hybridized carbons (Fsp3) is 0.889. The van der Waals surface area contributed by atoms with E-state index in [-0.39, 0.29) is 0 Å². The van der Waals surface area contributed by atoms with Crippen LogP contribution in [0.25, 0.3) is 0 Å².